The molecule has 1 aliphatic rings. The lowest BCUT2D eigenvalue weighted by Crippen LogP contribution is -2.64. The molecule has 176 valence electrons. The van der Waals surface area contributed by atoms with Gasteiger partial charge in [0.25, 0.3) is 0 Å². The summed E-state index contributed by atoms with van der Waals surface area (Å²) in [4.78, 5) is 2.38. The molecular weight excluding hydrogens is 440 g/mol. The van der Waals surface area contributed by atoms with Gasteiger partial charge in [0.15, 0.2) is 0 Å². The molecule has 1 fully saturated rings. The van der Waals surface area contributed by atoms with Gasteiger partial charge < -0.3 is 29.9 Å². The molecule has 3 aromatic rings. The molecule has 4 rings (SSSR count). The van der Waals surface area contributed by atoms with E-state index in [1.54, 1.807) is 17.4 Å². The minimum absolute atomic E-state index is 0.512. The molecular formula is C26H30O6S. The van der Waals surface area contributed by atoms with Crippen LogP contribution in [0.4, 0.5) is 0 Å². The zero-order valence-corrected chi connectivity index (χ0v) is 19.7. The molecule has 1 unspecified atom stereocenters. The number of aliphatic hydroxyl groups excluding tert-OH is 4. The van der Waals surface area contributed by atoms with E-state index in [-0.39, 0.29) is 0 Å². The summed E-state index contributed by atoms with van der Waals surface area (Å²) in [5.41, 5.74) is 5.01. The highest BCUT2D eigenvalue weighted by Gasteiger charge is 2.55. The van der Waals surface area contributed by atoms with Crippen molar-refractivity contribution in [1.82, 2.24) is 0 Å². The lowest BCUT2D eigenvalue weighted by molar-refractivity contribution is -0.366. The monoisotopic (exact) mass is 470 g/mol. The molecule has 0 spiro atoms. The molecule has 0 aliphatic carbocycles. The fraction of sp³-hybridized carbons (Fsp3) is 0.385. The maximum absolute atomic E-state index is 10.8. The van der Waals surface area contributed by atoms with E-state index in [1.165, 1.54) is 28.0 Å². The third-order valence-corrected chi connectivity index (χ3v) is 7.50. The van der Waals surface area contributed by atoms with Crippen molar-refractivity contribution in [3.05, 3.63) is 81.7 Å². The van der Waals surface area contributed by atoms with E-state index in [0.717, 1.165) is 11.1 Å². The predicted octanol–water partition coefficient (Wildman–Crippen LogP) is 2.90. The number of aliphatic hydroxyl groups is 4. The second-order valence-corrected chi connectivity index (χ2v) is 9.75. The molecule has 0 bridgehead atoms. The number of hydrogen-bond acceptors (Lipinski definition) is 7. The van der Waals surface area contributed by atoms with Gasteiger partial charge in [0.1, 0.15) is 24.4 Å². The molecule has 0 radical (unpaired) electrons. The summed E-state index contributed by atoms with van der Waals surface area (Å²) in [5.74, 6) is -1.71. The lowest BCUT2D eigenvalue weighted by atomic mass is 9.86. The van der Waals surface area contributed by atoms with E-state index in [1.807, 2.05) is 19.1 Å². The number of benzene rings is 2. The average Bonchev–Trinajstić information content (AvgIpc) is 3.29. The van der Waals surface area contributed by atoms with Crippen LogP contribution < -0.4 is 0 Å². The first kappa shape index (κ1) is 24.0. The zero-order chi connectivity index (χ0) is 23.8. The van der Waals surface area contributed by atoms with Crippen LogP contribution in [0.15, 0.2) is 54.6 Å². The summed E-state index contributed by atoms with van der Waals surface area (Å²) in [6.45, 7) is 3.56. The van der Waals surface area contributed by atoms with E-state index in [2.05, 4.69) is 43.3 Å². The molecule has 1 aliphatic heterocycles. The number of ether oxygens (including phenoxy) is 2. The van der Waals surface area contributed by atoms with Crippen LogP contribution >= 0.6 is 11.3 Å². The smallest absolute Gasteiger partial charge is 0.224 e. The van der Waals surface area contributed by atoms with Gasteiger partial charge >= 0.3 is 0 Å². The summed E-state index contributed by atoms with van der Waals surface area (Å²) in [7, 11) is 1.37. The summed E-state index contributed by atoms with van der Waals surface area (Å²) in [6, 6.07) is 18.3. The van der Waals surface area contributed by atoms with Crippen LogP contribution in [-0.4, -0.2) is 58.6 Å². The van der Waals surface area contributed by atoms with Gasteiger partial charge in [-0.05, 0) is 48.7 Å². The van der Waals surface area contributed by atoms with Gasteiger partial charge in [0, 0.05) is 28.8 Å². The molecule has 1 saturated heterocycles. The highest BCUT2D eigenvalue weighted by Crippen LogP contribution is 2.40. The van der Waals surface area contributed by atoms with Crippen LogP contribution in [0.3, 0.4) is 0 Å². The van der Waals surface area contributed by atoms with E-state index in [0.29, 0.717) is 12.0 Å². The molecule has 4 N–H and O–H groups in total. The minimum atomic E-state index is -1.71. The second kappa shape index (κ2) is 9.64. The van der Waals surface area contributed by atoms with Gasteiger partial charge in [0.05, 0.1) is 6.61 Å². The van der Waals surface area contributed by atoms with Crippen LogP contribution in [0.2, 0.25) is 0 Å². The number of hydrogen-bond donors (Lipinski definition) is 4. The van der Waals surface area contributed by atoms with Crippen molar-refractivity contribution in [3.8, 4) is 10.4 Å². The van der Waals surface area contributed by atoms with Crippen molar-refractivity contribution in [2.75, 3.05) is 13.7 Å². The summed E-state index contributed by atoms with van der Waals surface area (Å²) >= 11 is 1.73. The fourth-order valence-corrected chi connectivity index (χ4v) is 5.32. The number of rotatable bonds is 6. The molecule has 7 heteroatoms. The van der Waals surface area contributed by atoms with Gasteiger partial charge in [-0.2, -0.15) is 0 Å². The van der Waals surface area contributed by atoms with E-state index >= 15 is 0 Å². The Hall–Kier alpha value is -2.10. The van der Waals surface area contributed by atoms with Crippen LogP contribution in [0.1, 0.15) is 27.1 Å². The van der Waals surface area contributed by atoms with E-state index < -0.39 is 36.8 Å². The number of aryl methyl sites for hydroxylation is 2. The van der Waals surface area contributed by atoms with Crippen molar-refractivity contribution < 1.29 is 29.9 Å². The lowest BCUT2D eigenvalue weighted by Gasteiger charge is -2.47. The molecule has 2 heterocycles. The molecule has 0 saturated carbocycles. The van der Waals surface area contributed by atoms with Crippen molar-refractivity contribution >= 4 is 11.3 Å². The SMILES string of the molecule is COC1(c2ccc(C)c(Cc3ccc(-c4ccc(C)cc4)s3)c2)O[C@H](CO)[C@@H](O)[C@H](O)[C@H]1O. The van der Waals surface area contributed by atoms with E-state index in [9.17, 15) is 20.4 Å². The molecule has 0 amide bonds. The Morgan fingerprint density at radius 3 is 2.36 bits per heavy atom. The Bertz CT molecular complexity index is 1090. The molecule has 2 aromatic carbocycles. The third-order valence-electron chi connectivity index (χ3n) is 6.37. The standard InChI is InChI=1S/C26H30O6S/c1-15-4-7-17(8-5-15)22-11-10-20(33-22)13-18-12-19(9-6-16(18)2)26(31-3)25(30)24(29)23(28)21(14-27)32-26/h4-12,21,23-25,27-30H,13-14H2,1-3H3/t21-,23-,24+,25-,26?/m1/s1. The highest BCUT2D eigenvalue weighted by atomic mass is 32.1. The van der Waals surface area contributed by atoms with Gasteiger partial charge in [-0.3, -0.25) is 0 Å². The minimum Gasteiger partial charge on any atom is -0.394 e. The first-order valence-electron chi connectivity index (χ1n) is 10.9. The van der Waals surface area contributed by atoms with Crippen LogP contribution in [0.25, 0.3) is 10.4 Å². The normalized spacial score (nSPS) is 27.6. The maximum Gasteiger partial charge on any atom is 0.224 e. The number of methoxy groups -OCH3 is 1. The average molecular weight is 471 g/mol. The Morgan fingerprint density at radius 2 is 1.70 bits per heavy atom. The molecule has 6 nitrogen and oxygen atoms in total. The van der Waals surface area contributed by atoms with Crippen molar-refractivity contribution in [2.24, 2.45) is 0 Å². The molecule has 33 heavy (non-hydrogen) atoms. The first-order valence-corrected chi connectivity index (χ1v) is 11.7. The first-order chi connectivity index (χ1) is 15.8. The Labute approximate surface area is 197 Å². The third kappa shape index (κ3) is 4.50. The molecule has 5 atom stereocenters. The van der Waals surface area contributed by atoms with Gasteiger partial charge in [0.2, 0.25) is 5.79 Å². The van der Waals surface area contributed by atoms with Crippen molar-refractivity contribution in [3.63, 3.8) is 0 Å². The van der Waals surface area contributed by atoms with Gasteiger partial charge in [-0.15, -0.1) is 11.3 Å². The van der Waals surface area contributed by atoms with Crippen LogP contribution in [0.5, 0.6) is 0 Å². The Kier molecular flexibility index (Phi) is 7.02. The second-order valence-electron chi connectivity index (χ2n) is 8.59. The predicted molar refractivity (Wildman–Crippen MR) is 127 cm³/mol. The van der Waals surface area contributed by atoms with Crippen LogP contribution in [-0.2, 0) is 21.7 Å². The van der Waals surface area contributed by atoms with Crippen molar-refractivity contribution in [1.29, 1.82) is 0 Å². The summed E-state index contributed by atoms with van der Waals surface area (Å²) < 4.78 is 11.4. The quantitative estimate of drug-likeness (QED) is 0.442. The van der Waals surface area contributed by atoms with Crippen LogP contribution in [0, 0.1) is 13.8 Å². The largest absolute Gasteiger partial charge is 0.394 e. The zero-order valence-electron chi connectivity index (χ0n) is 18.9. The van der Waals surface area contributed by atoms with E-state index in [4.69, 9.17) is 9.47 Å². The Morgan fingerprint density at radius 1 is 0.970 bits per heavy atom. The molecule has 1 aromatic heterocycles. The summed E-state index contributed by atoms with van der Waals surface area (Å²) in [6.07, 6.45) is -4.91. The number of thiophene rings is 1. The highest BCUT2D eigenvalue weighted by molar-refractivity contribution is 7.15. The topological polar surface area (TPSA) is 99.4 Å². The van der Waals surface area contributed by atoms with Gasteiger partial charge in [-0.25, -0.2) is 0 Å². The van der Waals surface area contributed by atoms with Gasteiger partial charge in [-0.1, -0.05) is 42.0 Å². The Balaban J connectivity index is 1.65. The summed E-state index contributed by atoms with van der Waals surface area (Å²) in [5, 5.41) is 40.9. The van der Waals surface area contributed by atoms with Crippen molar-refractivity contribution in [2.45, 2.75) is 50.5 Å². The maximum atomic E-state index is 10.8. The fourth-order valence-electron chi connectivity index (χ4n) is 4.28.